The summed E-state index contributed by atoms with van der Waals surface area (Å²) >= 11 is 1.52. The van der Waals surface area contributed by atoms with Crippen LogP contribution in [0.25, 0.3) is 22.2 Å². The molecule has 0 aliphatic carbocycles. The molecule has 0 bridgehead atoms. The van der Waals surface area contributed by atoms with Crippen molar-refractivity contribution in [1.29, 1.82) is 0 Å². The number of aromatic carboxylic acids is 1. The van der Waals surface area contributed by atoms with Crippen LogP contribution < -0.4 is 4.90 Å². The molecule has 1 N–H and O–H groups in total. The second kappa shape index (κ2) is 9.13. The Morgan fingerprint density at radius 1 is 0.944 bits per heavy atom. The second-order valence-corrected chi connectivity index (χ2v) is 9.37. The minimum absolute atomic E-state index is 0.258. The van der Waals surface area contributed by atoms with Gasteiger partial charge in [0.15, 0.2) is 5.16 Å². The van der Waals surface area contributed by atoms with Gasteiger partial charge in [0.05, 0.1) is 28.8 Å². The largest absolute Gasteiger partial charge is 0.478 e. The quantitative estimate of drug-likeness (QED) is 0.284. The van der Waals surface area contributed by atoms with Gasteiger partial charge < -0.3 is 9.67 Å². The number of carbonyl (C=O) groups is 3. The highest BCUT2D eigenvalue weighted by atomic mass is 32.2. The average Bonchev–Trinajstić information content (AvgIpc) is 3.33. The van der Waals surface area contributed by atoms with Crippen LogP contribution in [0.5, 0.6) is 0 Å². The highest BCUT2D eigenvalue weighted by molar-refractivity contribution is 7.98. The predicted molar refractivity (Wildman–Crippen MR) is 140 cm³/mol. The Kier molecular flexibility index (Phi) is 5.97. The minimum Gasteiger partial charge on any atom is -0.478 e. The van der Waals surface area contributed by atoms with Crippen molar-refractivity contribution in [2.45, 2.75) is 25.5 Å². The van der Waals surface area contributed by atoms with E-state index in [9.17, 15) is 19.5 Å². The predicted octanol–water partition coefficient (Wildman–Crippen LogP) is 5.38. The lowest BCUT2D eigenvalue weighted by atomic mass is 9.99. The number of carboxylic acid groups (broad SMARTS) is 1. The Balaban J connectivity index is 1.50. The van der Waals surface area contributed by atoms with Crippen LogP contribution in [-0.4, -0.2) is 38.7 Å². The summed E-state index contributed by atoms with van der Waals surface area (Å²) in [6, 6.07) is 20.1. The monoisotopic (exact) mass is 497 g/mol. The van der Waals surface area contributed by atoms with E-state index in [-0.39, 0.29) is 17.4 Å². The lowest BCUT2D eigenvalue weighted by molar-refractivity contribution is -0.120. The lowest BCUT2D eigenvalue weighted by Crippen LogP contribution is -2.31. The topological polar surface area (TPSA) is 92.5 Å². The second-order valence-electron chi connectivity index (χ2n) is 8.60. The molecule has 0 saturated heterocycles. The van der Waals surface area contributed by atoms with Crippen molar-refractivity contribution in [3.05, 3.63) is 89.0 Å². The first kappa shape index (κ1) is 23.6. The minimum atomic E-state index is -0.962. The SMILES string of the molecule is CSc1nc2ccc(N3C(=O)C(C)=C(C)C3=O)cc2n1Cc1ccc(-c2ccccc2C(=O)O)cc1. The van der Waals surface area contributed by atoms with Gasteiger partial charge in [-0.2, -0.15) is 0 Å². The molecule has 1 aliphatic heterocycles. The number of carbonyl (C=O) groups excluding carboxylic acids is 2. The van der Waals surface area contributed by atoms with Gasteiger partial charge in [-0.25, -0.2) is 14.7 Å². The fraction of sp³-hybridized carbons (Fsp3) is 0.143. The maximum absolute atomic E-state index is 12.7. The molecule has 0 fully saturated rings. The van der Waals surface area contributed by atoms with E-state index in [0.29, 0.717) is 28.9 Å². The third-order valence-corrected chi connectivity index (χ3v) is 7.19. The van der Waals surface area contributed by atoms with E-state index in [1.807, 2.05) is 48.7 Å². The van der Waals surface area contributed by atoms with Gasteiger partial charge in [-0.3, -0.25) is 9.59 Å². The summed E-state index contributed by atoms with van der Waals surface area (Å²) in [4.78, 5) is 42.9. The smallest absolute Gasteiger partial charge is 0.336 e. The van der Waals surface area contributed by atoms with E-state index in [1.54, 1.807) is 38.1 Å². The van der Waals surface area contributed by atoms with E-state index in [0.717, 1.165) is 27.3 Å². The fourth-order valence-corrected chi connectivity index (χ4v) is 4.99. The van der Waals surface area contributed by atoms with E-state index in [2.05, 4.69) is 4.57 Å². The van der Waals surface area contributed by atoms with Crippen molar-refractivity contribution >= 4 is 46.3 Å². The molecule has 5 rings (SSSR count). The molecule has 180 valence electrons. The molecule has 1 aromatic heterocycles. The van der Waals surface area contributed by atoms with Crippen LogP contribution in [0, 0.1) is 0 Å². The Morgan fingerprint density at radius 2 is 1.61 bits per heavy atom. The zero-order chi connectivity index (χ0) is 25.6. The van der Waals surface area contributed by atoms with Gasteiger partial charge >= 0.3 is 5.97 Å². The summed E-state index contributed by atoms with van der Waals surface area (Å²) in [7, 11) is 0. The normalized spacial score (nSPS) is 13.8. The number of benzene rings is 3. The Bertz CT molecular complexity index is 1560. The fourth-order valence-electron chi connectivity index (χ4n) is 4.41. The highest BCUT2D eigenvalue weighted by Crippen LogP contribution is 2.32. The Hall–Kier alpha value is -4.17. The van der Waals surface area contributed by atoms with Crippen molar-refractivity contribution < 1.29 is 19.5 Å². The van der Waals surface area contributed by atoms with Gasteiger partial charge in [0.2, 0.25) is 0 Å². The van der Waals surface area contributed by atoms with Gasteiger partial charge in [-0.05, 0) is 61.1 Å². The molecule has 1 aliphatic rings. The molecule has 0 radical (unpaired) electrons. The van der Waals surface area contributed by atoms with Crippen LogP contribution >= 0.6 is 11.8 Å². The first-order valence-corrected chi connectivity index (χ1v) is 12.5. The summed E-state index contributed by atoms with van der Waals surface area (Å²) in [6.45, 7) is 3.86. The first-order valence-electron chi connectivity index (χ1n) is 11.3. The number of rotatable bonds is 6. The van der Waals surface area contributed by atoms with Crippen molar-refractivity contribution in [3.63, 3.8) is 0 Å². The molecule has 8 heteroatoms. The Labute approximate surface area is 212 Å². The number of fused-ring (bicyclic) bond motifs is 1. The number of nitrogens with zero attached hydrogens (tertiary/aromatic N) is 3. The molecule has 0 spiro atoms. The number of amides is 2. The summed E-state index contributed by atoms with van der Waals surface area (Å²) in [6.07, 6.45) is 1.95. The number of imidazole rings is 1. The molecular formula is C28H23N3O4S. The zero-order valence-corrected chi connectivity index (χ0v) is 20.8. The summed E-state index contributed by atoms with van der Waals surface area (Å²) in [5.41, 5.74) is 5.79. The molecular weight excluding hydrogens is 474 g/mol. The van der Waals surface area contributed by atoms with E-state index in [4.69, 9.17) is 4.98 Å². The molecule has 3 aromatic carbocycles. The summed E-state index contributed by atoms with van der Waals surface area (Å²) < 4.78 is 2.06. The van der Waals surface area contributed by atoms with Crippen molar-refractivity contribution in [2.75, 3.05) is 11.2 Å². The van der Waals surface area contributed by atoms with Gasteiger partial charge in [-0.15, -0.1) is 0 Å². The molecule has 2 heterocycles. The molecule has 0 unspecified atom stereocenters. The Morgan fingerprint density at radius 3 is 2.25 bits per heavy atom. The lowest BCUT2D eigenvalue weighted by Gasteiger charge is -2.16. The molecule has 4 aromatic rings. The number of imide groups is 1. The van der Waals surface area contributed by atoms with Crippen LogP contribution in [0.4, 0.5) is 5.69 Å². The molecule has 0 saturated carbocycles. The van der Waals surface area contributed by atoms with E-state index >= 15 is 0 Å². The third-order valence-electron chi connectivity index (χ3n) is 6.51. The number of carboxylic acids is 1. The van der Waals surface area contributed by atoms with Crippen LogP contribution in [0.2, 0.25) is 0 Å². The van der Waals surface area contributed by atoms with Crippen molar-refractivity contribution in [1.82, 2.24) is 9.55 Å². The van der Waals surface area contributed by atoms with Crippen LogP contribution in [0.15, 0.2) is 83.0 Å². The highest BCUT2D eigenvalue weighted by Gasteiger charge is 2.34. The van der Waals surface area contributed by atoms with Gasteiger partial charge in [0, 0.05) is 11.1 Å². The van der Waals surface area contributed by atoms with Crippen LogP contribution in [0.1, 0.15) is 29.8 Å². The standard InChI is InChI=1S/C28H23N3O4S/c1-16-17(2)26(33)31(25(16)32)20-12-13-23-24(14-20)30(28(29-23)36-3)15-18-8-10-19(11-9-18)21-6-4-5-7-22(21)27(34)35/h4-14H,15H2,1-3H3,(H,34,35). The molecule has 0 atom stereocenters. The molecule has 36 heavy (non-hydrogen) atoms. The van der Waals surface area contributed by atoms with Gasteiger partial charge in [0.1, 0.15) is 0 Å². The maximum Gasteiger partial charge on any atom is 0.336 e. The number of hydrogen-bond donors (Lipinski definition) is 1. The van der Waals surface area contributed by atoms with Crippen molar-refractivity contribution in [3.8, 4) is 11.1 Å². The first-order chi connectivity index (χ1) is 17.3. The summed E-state index contributed by atoms with van der Waals surface area (Å²) in [5, 5.41) is 10.3. The van der Waals surface area contributed by atoms with Crippen LogP contribution in [0.3, 0.4) is 0 Å². The van der Waals surface area contributed by atoms with Gasteiger partial charge in [-0.1, -0.05) is 54.2 Å². The maximum atomic E-state index is 12.7. The number of thioether (sulfide) groups is 1. The number of aromatic nitrogens is 2. The average molecular weight is 498 g/mol. The number of hydrogen-bond acceptors (Lipinski definition) is 5. The van der Waals surface area contributed by atoms with Gasteiger partial charge in [0.25, 0.3) is 11.8 Å². The molecule has 2 amide bonds. The van der Waals surface area contributed by atoms with E-state index in [1.165, 1.54) is 16.7 Å². The third kappa shape index (κ3) is 3.89. The van der Waals surface area contributed by atoms with Crippen molar-refractivity contribution in [2.24, 2.45) is 0 Å². The summed E-state index contributed by atoms with van der Waals surface area (Å²) in [5.74, 6) is -1.56. The zero-order valence-electron chi connectivity index (χ0n) is 20.0. The van der Waals surface area contributed by atoms with E-state index < -0.39 is 5.97 Å². The molecule has 7 nitrogen and oxygen atoms in total. The number of anilines is 1. The van der Waals surface area contributed by atoms with Crippen LogP contribution in [-0.2, 0) is 16.1 Å².